The average molecular weight is 256 g/mol. The minimum atomic E-state index is 0.835. The molecule has 1 aromatic carbocycles. The Hall–Kier alpha value is -1.02. The monoisotopic (exact) mass is 256 g/mol. The first-order chi connectivity index (χ1) is 9.43. The zero-order valence-corrected chi connectivity index (χ0v) is 11.7. The Labute approximate surface area is 116 Å². The van der Waals surface area contributed by atoms with Crippen molar-refractivity contribution in [2.45, 2.75) is 51.1 Å². The van der Waals surface area contributed by atoms with Gasteiger partial charge in [-0.1, -0.05) is 25.0 Å². The second kappa shape index (κ2) is 4.82. The van der Waals surface area contributed by atoms with Crippen molar-refractivity contribution in [3.05, 3.63) is 29.3 Å². The van der Waals surface area contributed by atoms with E-state index in [1.807, 2.05) is 0 Å². The molecule has 0 aromatic heterocycles. The van der Waals surface area contributed by atoms with Crippen molar-refractivity contribution in [3.63, 3.8) is 0 Å². The SMILES string of the molecule is c1cc2c(c(N3CCC4CCCCC43)c1)CNCC2. The number of fused-ring (bicyclic) bond motifs is 2. The van der Waals surface area contributed by atoms with Gasteiger partial charge in [0, 0.05) is 24.8 Å². The van der Waals surface area contributed by atoms with Gasteiger partial charge in [0.25, 0.3) is 0 Å². The molecule has 3 aliphatic rings. The quantitative estimate of drug-likeness (QED) is 0.830. The van der Waals surface area contributed by atoms with E-state index in [-0.39, 0.29) is 0 Å². The summed E-state index contributed by atoms with van der Waals surface area (Å²) >= 11 is 0. The highest BCUT2D eigenvalue weighted by atomic mass is 15.2. The molecule has 4 rings (SSSR count). The van der Waals surface area contributed by atoms with E-state index in [4.69, 9.17) is 0 Å². The molecule has 2 aliphatic heterocycles. The Morgan fingerprint density at radius 3 is 3.05 bits per heavy atom. The Balaban J connectivity index is 1.69. The molecule has 1 saturated carbocycles. The van der Waals surface area contributed by atoms with E-state index in [2.05, 4.69) is 28.4 Å². The normalized spacial score (nSPS) is 30.0. The van der Waals surface area contributed by atoms with Crippen LogP contribution >= 0.6 is 0 Å². The first-order valence-electron chi connectivity index (χ1n) is 8.01. The van der Waals surface area contributed by atoms with E-state index >= 15 is 0 Å². The van der Waals surface area contributed by atoms with Gasteiger partial charge < -0.3 is 10.2 Å². The molecular formula is C17H24N2. The molecule has 0 amide bonds. The van der Waals surface area contributed by atoms with Gasteiger partial charge in [0.15, 0.2) is 0 Å². The third kappa shape index (κ3) is 1.97. The highest BCUT2D eigenvalue weighted by molar-refractivity contribution is 5.59. The van der Waals surface area contributed by atoms with Gasteiger partial charge in [-0.05, 0) is 55.3 Å². The fraction of sp³-hybridized carbons (Fsp3) is 0.647. The van der Waals surface area contributed by atoms with E-state index in [1.165, 1.54) is 45.1 Å². The van der Waals surface area contributed by atoms with Crippen molar-refractivity contribution < 1.29 is 0 Å². The van der Waals surface area contributed by atoms with Gasteiger partial charge in [-0.3, -0.25) is 0 Å². The second-order valence-corrected chi connectivity index (χ2v) is 6.44. The lowest BCUT2D eigenvalue weighted by molar-refractivity contribution is 0.342. The Kier molecular flexibility index (Phi) is 2.99. The Bertz CT molecular complexity index is 468. The van der Waals surface area contributed by atoms with Crippen LogP contribution in [0.1, 0.15) is 43.2 Å². The van der Waals surface area contributed by atoms with Gasteiger partial charge in [-0.2, -0.15) is 0 Å². The maximum atomic E-state index is 3.55. The fourth-order valence-electron chi connectivity index (χ4n) is 4.47. The van der Waals surface area contributed by atoms with Gasteiger partial charge >= 0.3 is 0 Å². The maximum absolute atomic E-state index is 3.55. The summed E-state index contributed by atoms with van der Waals surface area (Å²) in [6, 6.07) is 7.80. The average Bonchev–Trinajstić information content (AvgIpc) is 2.90. The van der Waals surface area contributed by atoms with Crippen LogP contribution in [0.4, 0.5) is 5.69 Å². The van der Waals surface area contributed by atoms with E-state index in [1.54, 1.807) is 16.8 Å². The fourth-order valence-corrected chi connectivity index (χ4v) is 4.47. The summed E-state index contributed by atoms with van der Waals surface area (Å²) in [5, 5.41) is 3.55. The lowest BCUT2D eigenvalue weighted by Gasteiger charge is -2.35. The molecule has 0 bridgehead atoms. The topological polar surface area (TPSA) is 15.3 Å². The number of rotatable bonds is 1. The van der Waals surface area contributed by atoms with E-state index in [9.17, 15) is 0 Å². The number of nitrogens with one attached hydrogen (secondary N) is 1. The summed E-state index contributed by atoms with van der Waals surface area (Å²) in [4.78, 5) is 2.75. The predicted molar refractivity (Wildman–Crippen MR) is 79.6 cm³/mol. The minimum absolute atomic E-state index is 0.835. The molecule has 2 heteroatoms. The van der Waals surface area contributed by atoms with E-state index in [0.717, 1.165) is 25.0 Å². The summed E-state index contributed by atoms with van der Waals surface area (Å²) in [6.07, 6.45) is 8.40. The van der Waals surface area contributed by atoms with E-state index < -0.39 is 0 Å². The van der Waals surface area contributed by atoms with Crippen molar-refractivity contribution in [1.29, 1.82) is 0 Å². The summed E-state index contributed by atoms with van der Waals surface area (Å²) in [7, 11) is 0. The van der Waals surface area contributed by atoms with Crippen molar-refractivity contribution in [2.75, 3.05) is 18.0 Å². The van der Waals surface area contributed by atoms with E-state index in [0.29, 0.717) is 0 Å². The molecule has 2 fully saturated rings. The molecule has 0 radical (unpaired) electrons. The highest BCUT2D eigenvalue weighted by Gasteiger charge is 2.36. The highest BCUT2D eigenvalue weighted by Crippen LogP contribution is 2.40. The van der Waals surface area contributed by atoms with Crippen molar-refractivity contribution in [3.8, 4) is 0 Å². The first-order valence-corrected chi connectivity index (χ1v) is 8.01. The smallest absolute Gasteiger partial charge is 0.0417 e. The van der Waals surface area contributed by atoms with Crippen molar-refractivity contribution in [2.24, 2.45) is 5.92 Å². The molecule has 2 atom stereocenters. The number of hydrogen-bond donors (Lipinski definition) is 1. The van der Waals surface area contributed by atoms with Crippen LogP contribution in [0.2, 0.25) is 0 Å². The lowest BCUT2D eigenvalue weighted by atomic mass is 9.85. The molecule has 2 heterocycles. The molecular weight excluding hydrogens is 232 g/mol. The summed E-state index contributed by atoms with van der Waals surface area (Å²) in [5.41, 5.74) is 4.70. The molecule has 1 aliphatic carbocycles. The zero-order valence-electron chi connectivity index (χ0n) is 11.7. The molecule has 1 saturated heterocycles. The van der Waals surface area contributed by atoms with Gasteiger partial charge in [-0.15, -0.1) is 0 Å². The van der Waals surface area contributed by atoms with Crippen LogP contribution in [0.5, 0.6) is 0 Å². The zero-order chi connectivity index (χ0) is 12.7. The van der Waals surface area contributed by atoms with Crippen LogP contribution in [0.25, 0.3) is 0 Å². The third-order valence-electron chi connectivity index (χ3n) is 5.44. The molecule has 19 heavy (non-hydrogen) atoms. The van der Waals surface area contributed by atoms with Crippen LogP contribution in [0, 0.1) is 5.92 Å². The van der Waals surface area contributed by atoms with Gasteiger partial charge in [0.1, 0.15) is 0 Å². The third-order valence-corrected chi connectivity index (χ3v) is 5.44. The van der Waals surface area contributed by atoms with Gasteiger partial charge in [0.05, 0.1) is 0 Å². The number of hydrogen-bond acceptors (Lipinski definition) is 2. The molecule has 1 N–H and O–H groups in total. The standard InChI is InChI=1S/C17H24N2/c1-2-6-16-14(4-1)9-11-19(16)17-7-3-5-13-8-10-18-12-15(13)17/h3,5,7,14,16,18H,1-2,4,6,8-12H2. The van der Waals surface area contributed by atoms with Crippen LogP contribution in [-0.4, -0.2) is 19.1 Å². The van der Waals surface area contributed by atoms with Gasteiger partial charge in [0.2, 0.25) is 0 Å². The Morgan fingerprint density at radius 1 is 1.11 bits per heavy atom. The van der Waals surface area contributed by atoms with Crippen LogP contribution in [-0.2, 0) is 13.0 Å². The summed E-state index contributed by atoms with van der Waals surface area (Å²) < 4.78 is 0. The molecule has 102 valence electrons. The van der Waals surface area contributed by atoms with Crippen LogP contribution < -0.4 is 10.2 Å². The minimum Gasteiger partial charge on any atom is -0.368 e. The van der Waals surface area contributed by atoms with Crippen LogP contribution in [0.15, 0.2) is 18.2 Å². The van der Waals surface area contributed by atoms with Crippen molar-refractivity contribution in [1.82, 2.24) is 5.32 Å². The summed E-state index contributed by atoms with van der Waals surface area (Å²) in [5.74, 6) is 0.973. The number of anilines is 1. The number of nitrogens with zero attached hydrogens (tertiary/aromatic N) is 1. The predicted octanol–water partition coefficient (Wildman–Crippen LogP) is 3.10. The lowest BCUT2D eigenvalue weighted by Crippen LogP contribution is -2.36. The molecule has 2 unspecified atom stereocenters. The summed E-state index contributed by atoms with van der Waals surface area (Å²) in [6.45, 7) is 3.49. The van der Waals surface area contributed by atoms with Crippen LogP contribution in [0.3, 0.4) is 0 Å². The maximum Gasteiger partial charge on any atom is 0.0417 e. The van der Waals surface area contributed by atoms with Crippen molar-refractivity contribution >= 4 is 5.69 Å². The molecule has 2 nitrogen and oxygen atoms in total. The molecule has 1 aromatic rings. The molecule has 0 spiro atoms. The number of benzene rings is 1. The van der Waals surface area contributed by atoms with Gasteiger partial charge in [-0.25, -0.2) is 0 Å². The Morgan fingerprint density at radius 2 is 2.05 bits per heavy atom. The first kappa shape index (κ1) is 11.8. The second-order valence-electron chi connectivity index (χ2n) is 6.44. The largest absolute Gasteiger partial charge is 0.368 e.